The van der Waals surface area contributed by atoms with Crippen molar-refractivity contribution >= 4 is 11.6 Å². The summed E-state index contributed by atoms with van der Waals surface area (Å²) in [5.74, 6) is -23.8. The van der Waals surface area contributed by atoms with Gasteiger partial charge in [0.05, 0.1) is 16.1 Å². The average molecular weight is 446 g/mol. The Kier molecular flexibility index (Phi) is 5.20. The van der Waals surface area contributed by atoms with Crippen LogP contribution in [0.2, 0.25) is 5.02 Å². The molecule has 0 saturated heterocycles. The minimum Gasteiger partial charge on any atom is -0.263 e. The zero-order valence-electron chi connectivity index (χ0n) is 13.3. The molecule has 0 spiro atoms. The van der Waals surface area contributed by atoms with Gasteiger partial charge in [0.15, 0.2) is 46.5 Å². The summed E-state index contributed by atoms with van der Waals surface area (Å²) in [5, 5.41) is -1.08. The van der Waals surface area contributed by atoms with Crippen molar-refractivity contribution in [2.24, 2.45) is 0 Å². The molecule has 0 unspecified atom stereocenters. The Labute approximate surface area is 159 Å². The molecule has 0 saturated carbocycles. The zero-order valence-corrected chi connectivity index (χ0v) is 14.0. The summed E-state index contributed by atoms with van der Waals surface area (Å²) < 4.78 is 136. The first-order valence-corrected chi connectivity index (χ1v) is 7.55. The molecule has 0 aliphatic carbocycles. The van der Waals surface area contributed by atoms with Crippen LogP contribution in [-0.4, -0.2) is 4.98 Å². The van der Waals surface area contributed by atoms with Crippen LogP contribution >= 0.6 is 11.6 Å². The van der Waals surface area contributed by atoms with Crippen molar-refractivity contribution in [2.45, 2.75) is 0 Å². The van der Waals surface area contributed by atoms with Crippen LogP contribution in [0.1, 0.15) is 0 Å². The fourth-order valence-electron chi connectivity index (χ4n) is 2.48. The van der Waals surface area contributed by atoms with E-state index in [0.29, 0.717) is 12.4 Å². The van der Waals surface area contributed by atoms with Crippen molar-refractivity contribution < 1.29 is 43.9 Å². The Hall–Kier alpha value is -2.82. The molecule has 0 N–H and O–H groups in total. The second-order valence-electron chi connectivity index (χ2n) is 5.44. The van der Waals surface area contributed by atoms with E-state index in [1.807, 2.05) is 0 Å². The normalized spacial score (nSPS) is 11.3. The molecular formula is C17H2ClF10N. The van der Waals surface area contributed by atoms with Gasteiger partial charge < -0.3 is 0 Å². The quantitative estimate of drug-likeness (QED) is 0.251. The van der Waals surface area contributed by atoms with Crippen LogP contribution in [0.5, 0.6) is 0 Å². The summed E-state index contributed by atoms with van der Waals surface area (Å²) in [7, 11) is 0. The Balaban J connectivity index is 2.40. The lowest BCUT2D eigenvalue weighted by Crippen LogP contribution is -2.06. The highest BCUT2D eigenvalue weighted by Gasteiger charge is 2.31. The molecule has 1 nitrogen and oxygen atoms in total. The molecule has 3 rings (SSSR count). The molecule has 0 radical (unpaired) electrons. The number of pyridine rings is 1. The van der Waals surface area contributed by atoms with Gasteiger partial charge in [-0.05, 0) is 0 Å². The Morgan fingerprint density at radius 1 is 0.448 bits per heavy atom. The molecule has 29 heavy (non-hydrogen) atoms. The minimum atomic E-state index is -2.48. The molecule has 152 valence electrons. The summed E-state index contributed by atoms with van der Waals surface area (Å²) in [6, 6.07) is 0. The van der Waals surface area contributed by atoms with Gasteiger partial charge in [-0.3, -0.25) is 4.98 Å². The first-order valence-electron chi connectivity index (χ1n) is 7.17. The Morgan fingerprint density at radius 2 is 0.690 bits per heavy atom. The largest absolute Gasteiger partial charge is 0.263 e. The highest BCUT2D eigenvalue weighted by atomic mass is 35.5. The third kappa shape index (κ3) is 3.00. The second kappa shape index (κ2) is 7.21. The van der Waals surface area contributed by atoms with Gasteiger partial charge in [0.1, 0.15) is 0 Å². The molecule has 0 bridgehead atoms. The average Bonchev–Trinajstić information content (AvgIpc) is 2.70. The van der Waals surface area contributed by atoms with Crippen molar-refractivity contribution in [1.82, 2.24) is 4.98 Å². The summed E-state index contributed by atoms with van der Waals surface area (Å²) >= 11 is 5.77. The van der Waals surface area contributed by atoms with Gasteiger partial charge in [-0.1, -0.05) is 11.6 Å². The number of hydrogen-bond donors (Lipinski definition) is 0. The smallest absolute Gasteiger partial charge is 0.200 e. The molecular weight excluding hydrogens is 444 g/mol. The number of hydrogen-bond acceptors (Lipinski definition) is 1. The van der Waals surface area contributed by atoms with Gasteiger partial charge in [0.2, 0.25) is 11.6 Å². The standard InChI is InChI=1S/C17H2ClF10N/c18-7-3(5-8(19)12(23)16(27)13(24)9(5)20)1-29-2-4(7)6-10(21)14(25)17(28)15(26)11(6)22/h1-2H. The Morgan fingerprint density at radius 3 is 0.966 bits per heavy atom. The number of halogens is 11. The zero-order chi connectivity index (χ0) is 21.8. The fourth-order valence-corrected chi connectivity index (χ4v) is 2.76. The predicted molar refractivity (Wildman–Crippen MR) is 79.7 cm³/mol. The summed E-state index contributed by atoms with van der Waals surface area (Å²) in [6.07, 6.45) is 0.965. The van der Waals surface area contributed by atoms with E-state index in [1.165, 1.54) is 0 Å². The van der Waals surface area contributed by atoms with Crippen LogP contribution in [-0.2, 0) is 0 Å². The SMILES string of the molecule is Fc1c(F)c(F)c(-c2cncc(-c3c(F)c(F)c(F)c(F)c3F)c2Cl)c(F)c1F. The lowest BCUT2D eigenvalue weighted by atomic mass is 9.99. The lowest BCUT2D eigenvalue weighted by molar-refractivity contribution is 0.381. The number of benzene rings is 2. The summed E-state index contributed by atoms with van der Waals surface area (Å²) in [4.78, 5) is 3.30. The minimum absolute atomic E-state index is 0.482. The molecule has 0 atom stereocenters. The molecule has 1 aromatic heterocycles. The maximum Gasteiger partial charge on any atom is 0.200 e. The molecule has 0 fully saturated rings. The summed E-state index contributed by atoms with van der Waals surface area (Å²) in [5.41, 5.74) is -5.30. The molecule has 0 aliphatic rings. The van der Waals surface area contributed by atoms with E-state index < -0.39 is 85.4 Å². The fraction of sp³-hybridized carbons (Fsp3) is 0. The van der Waals surface area contributed by atoms with Crippen molar-refractivity contribution in [3.8, 4) is 22.3 Å². The maximum atomic E-state index is 14.0. The molecule has 0 aliphatic heterocycles. The highest BCUT2D eigenvalue weighted by Crippen LogP contribution is 2.41. The van der Waals surface area contributed by atoms with Gasteiger partial charge in [0, 0.05) is 23.5 Å². The van der Waals surface area contributed by atoms with E-state index in [1.54, 1.807) is 0 Å². The van der Waals surface area contributed by atoms with Gasteiger partial charge in [-0.25, -0.2) is 43.9 Å². The van der Waals surface area contributed by atoms with Gasteiger partial charge in [-0.2, -0.15) is 0 Å². The first kappa shape index (κ1) is 20.9. The molecule has 0 amide bonds. The van der Waals surface area contributed by atoms with Crippen molar-refractivity contribution in [2.75, 3.05) is 0 Å². The molecule has 3 aromatic rings. The number of rotatable bonds is 2. The van der Waals surface area contributed by atoms with Gasteiger partial charge in [0.25, 0.3) is 0 Å². The van der Waals surface area contributed by atoms with Crippen LogP contribution in [0.15, 0.2) is 12.4 Å². The first-order chi connectivity index (χ1) is 13.5. The van der Waals surface area contributed by atoms with E-state index in [-0.39, 0.29) is 0 Å². The van der Waals surface area contributed by atoms with Gasteiger partial charge >= 0.3 is 0 Å². The second-order valence-corrected chi connectivity index (χ2v) is 5.82. The maximum absolute atomic E-state index is 14.0. The lowest BCUT2D eigenvalue weighted by Gasteiger charge is -2.14. The van der Waals surface area contributed by atoms with Gasteiger partial charge in [-0.15, -0.1) is 0 Å². The highest BCUT2D eigenvalue weighted by molar-refractivity contribution is 6.36. The van der Waals surface area contributed by atoms with E-state index in [0.717, 1.165) is 0 Å². The van der Waals surface area contributed by atoms with E-state index >= 15 is 0 Å². The molecule has 1 heterocycles. The van der Waals surface area contributed by atoms with Crippen LogP contribution in [0, 0.1) is 58.2 Å². The number of nitrogens with zero attached hydrogens (tertiary/aromatic N) is 1. The van der Waals surface area contributed by atoms with Crippen LogP contribution < -0.4 is 0 Å². The summed E-state index contributed by atoms with van der Waals surface area (Å²) in [6.45, 7) is 0. The Bertz CT molecular complexity index is 1030. The molecule has 2 aromatic carbocycles. The predicted octanol–water partition coefficient (Wildman–Crippen LogP) is 6.46. The third-order valence-electron chi connectivity index (χ3n) is 3.84. The van der Waals surface area contributed by atoms with Crippen LogP contribution in [0.3, 0.4) is 0 Å². The van der Waals surface area contributed by atoms with Crippen molar-refractivity contribution in [3.05, 3.63) is 75.6 Å². The van der Waals surface area contributed by atoms with E-state index in [4.69, 9.17) is 11.6 Å². The van der Waals surface area contributed by atoms with Crippen molar-refractivity contribution in [3.63, 3.8) is 0 Å². The van der Waals surface area contributed by atoms with Crippen LogP contribution in [0.4, 0.5) is 43.9 Å². The van der Waals surface area contributed by atoms with Crippen LogP contribution in [0.25, 0.3) is 22.3 Å². The third-order valence-corrected chi connectivity index (χ3v) is 4.25. The molecule has 12 heteroatoms. The monoisotopic (exact) mass is 445 g/mol. The van der Waals surface area contributed by atoms with E-state index in [9.17, 15) is 43.9 Å². The van der Waals surface area contributed by atoms with E-state index in [2.05, 4.69) is 4.98 Å². The van der Waals surface area contributed by atoms with Crippen molar-refractivity contribution in [1.29, 1.82) is 0 Å². The topological polar surface area (TPSA) is 12.9 Å². The number of aromatic nitrogens is 1.